The Morgan fingerprint density at radius 1 is 1.30 bits per heavy atom. The standard InChI is InChI=1S/C20H19F2N7O4/c1-11-24-16-12(18(32)29(11)14-5-6-15(30)26-17(14)31)3-2-4-13(16)25-19(33)20(21,22)7-9-28-10-8-23-27-28/h2-4,8,10,14H,5-7,9H2,1H3,(H,25,33)(H,26,30,31). The van der Waals surface area contributed by atoms with Gasteiger partial charge in [-0.05, 0) is 25.5 Å². The van der Waals surface area contributed by atoms with Crippen LogP contribution in [-0.2, 0) is 20.9 Å². The van der Waals surface area contributed by atoms with Crippen LogP contribution >= 0.6 is 0 Å². The average Bonchev–Trinajstić information content (AvgIpc) is 3.28. The molecule has 3 heterocycles. The zero-order chi connectivity index (χ0) is 23.8. The summed E-state index contributed by atoms with van der Waals surface area (Å²) in [5.41, 5.74) is -0.626. The van der Waals surface area contributed by atoms with Gasteiger partial charge in [-0.2, -0.15) is 8.78 Å². The lowest BCUT2D eigenvalue weighted by Gasteiger charge is -2.24. The van der Waals surface area contributed by atoms with Crippen molar-refractivity contribution in [3.8, 4) is 0 Å². The highest BCUT2D eigenvalue weighted by atomic mass is 19.3. The monoisotopic (exact) mass is 459 g/mol. The van der Waals surface area contributed by atoms with Crippen molar-refractivity contribution in [2.75, 3.05) is 5.32 Å². The van der Waals surface area contributed by atoms with Gasteiger partial charge >= 0.3 is 5.92 Å². The molecule has 0 radical (unpaired) electrons. The second-order valence-corrected chi connectivity index (χ2v) is 7.58. The molecule has 1 atom stereocenters. The maximum absolute atomic E-state index is 14.4. The number of piperidine rings is 1. The fourth-order valence-electron chi connectivity index (χ4n) is 3.66. The molecule has 11 nitrogen and oxygen atoms in total. The molecule has 2 N–H and O–H groups in total. The number of aromatic nitrogens is 5. The summed E-state index contributed by atoms with van der Waals surface area (Å²) < 4.78 is 31.2. The molecule has 33 heavy (non-hydrogen) atoms. The van der Waals surface area contributed by atoms with Gasteiger partial charge in [0.1, 0.15) is 17.4 Å². The van der Waals surface area contributed by atoms with Crippen molar-refractivity contribution >= 4 is 34.3 Å². The van der Waals surface area contributed by atoms with Crippen molar-refractivity contribution < 1.29 is 23.2 Å². The van der Waals surface area contributed by atoms with Crippen molar-refractivity contribution in [1.82, 2.24) is 29.9 Å². The Morgan fingerprint density at radius 3 is 2.79 bits per heavy atom. The van der Waals surface area contributed by atoms with Gasteiger partial charge in [0.15, 0.2) is 0 Å². The SMILES string of the molecule is Cc1nc2c(NC(=O)C(F)(F)CCn3ccnn3)cccc2c(=O)n1C1CCC(=O)NC1=O. The zero-order valence-corrected chi connectivity index (χ0v) is 17.4. The molecule has 13 heteroatoms. The normalized spacial score (nSPS) is 16.6. The largest absolute Gasteiger partial charge is 0.326 e. The number of nitrogens with zero attached hydrogens (tertiary/aromatic N) is 5. The number of fused-ring (bicyclic) bond motifs is 1. The van der Waals surface area contributed by atoms with Crippen molar-refractivity contribution in [2.24, 2.45) is 0 Å². The topological polar surface area (TPSA) is 141 Å². The third-order valence-corrected chi connectivity index (χ3v) is 5.34. The lowest BCUT2D eigenvalue weighted by atomic mass is 10.1. The van der Waals surface area contributed by atoms with Crippen molar-refractivity contribution in [1.29, 1.82) is 0 Å². The molecule has 1 aliphatic rings. The summed E-state index contributed by atoms with van der Waals surface area (Å²) in [5.74, 6) is -6.17. The molecule has 0 saturated carbocycles. The minimum Gasteiger partial charge on any atom is -0.319 e. The van der Waals surface area contributed by atoms with Crippen molar-refractivity contribution in [3.63, 3.8) is 0 Å². The van der Waals surface area contributed by atoms with Gasteiger partial charge in [0, 0.05) is 25.6 Å². The molecule has 4 rings (SSSR count). The van der Waals surface area contributed by atoms with E-state index in [1.165, 1.54) is 46.8 Å². The van der Waals surface area contributed by atoms with Crippen LogP contribution in [0.1, 0.15) is 31.1 Å². The maximum atomic E-state index is 14.4. The second-order valence-electron chi connectivity index (χ2n) is 7.58. The first-order valence-electron chi connectivity index (χ1n) is 10.1. The highest BCUT2D eigenvalue weighted by molar-refractivity contribution is 6.03. The number of hydrogen-bond donors (Lipinski definition) is 2. The molecule has 1 saturated heterocycles. The number of aryl methyl sites for hydroxylation is 2. The lowest BCUT2D eigenvalue weighted by Crippen LogP contribution is -2.45. The highest BCUT2D eigenvalue weighted by Crippen LogP contribution is 2.26. The molecular weight excluding hydrogens is 440 g/mol. The smallest absolute Gasteiger partial charge is 0.319 e. The van der Waals surface area contributed by atoms with E-state index in [2.05, 4.69) is 25.9 Å². The van der Waals surface area contributed by atoms with Gasteiger partial charge in [0.25, 0.3) is 11.5 Å². The van der Waals surface area contributed by atoms with Gasteiger partial charge in [-0.15, -0.1) is 5.10 Å². The second kappa shape index (κ2) is 8.48. The zero-order valence-electron chi connectivity index (χ0n) is 17.4. The number of carbonyl (C=O) groups is 3. The van der Waals surface area contributed by atoms with E-state index in [0.29, 0.717) is 0 Å². The van der Waals surface area contributed by atoms with Crippen molar-refractivity contribution in [3.05, 3.63) is 46.8 Å². The van der Waals surface area contributed by atoms with E-state index >= 15 is 0 Å². The van der Waals surface area contributed by atoms with Gasteiger partial charge in [-0.25, -0.2) is 4.98 Å². The summed E-state index contributed by atoms with van der Waals surface area (Å²) in [7, 11) is 0. The summed E-state index contributed by atoms with van der Waals surface area (Å²) in [6.07, 6.45) is 2.14. The van der Waals surface area contributed by atoms with Crippen LogP contribution < -0.4 is 16.2 Å². The van der Waals surface area contributed by atoms with Crippen LogP contribution in [0.5, 0.6) is 0 Å². The molecule has 1 aliphatic heterocycles. The minimum atomic E-state index is -3.72. The van der Waals surface area contributed by atoms with E-state index in [4.69, 9.17) is 0 Å². The molecule has 2 aromatic heterocycles. The van der Waals surface area contributed by atoms with E-state index in [1.54, 1.807) is 0 Å². The van der Waals surface area contributed by atoms with Crippen LogP contribution in [0.25, 0.3) is 10.9 Å². The quantitative estimate of drug-likeness (QED) is 0.523. The van der Waals surface area contributed by atoms with E-state index in [0.717, 1.165) is 0 Å². The summed E-state index contributed by atoms with van der Waals surface area (Å²) in [4.78, 5) is 53.4. The van der Waals surface area contributed by atoms with Crippen LogP contribution in [0.4, 0.5) is 14.5 Å². The Morgan fingerprint density at radius 2 is 2.09 bits per heavy atom. The number of imide groups is 1. The number of benzene rings is 1. The Bertz CT molecular complexity index is 1300. The predicted octanol–water partition coefficient (Wildman–Crippen LogP) is 0.938. The van der Waals surface area contributed by atoms with E-state index in [-0.39, 0.29) is 41.8 Å². The fraction of sp³-hybridized carbons (Fsp3) is 0.350. The van der Waals surface area contributed by atoms with Crippen LogP contribution in [0.15, 0.2) is 35.4 Å². The van der Waals surface area contributed by atoms with Crippen LogP contribution in [0.2, 0.25) is 0 Å². The summed E-state index contributed by atoms with van der Waals surface area (Å²) in [5, 5.41) is 11.5. The van der Waals surface area contributed by atoms with Gasteiger partial charge in [0.05, 0.1) is 17.3 Å². The Balaban J connectivity index is 1.63. The Labute approximate surface area is 184 Å². The van der Waals surface area contributed by atoms with E-state index < -0.39 is 41.7 Å². The highest BCUT2D eigenvalue weighted by Gasteiger charge is 2.39. The first-order valence-corrected chi connectivity index (χ1v) is 10.1. The van der Waals surface area contributed by atoms with Crippen LogP contribution in [-0.4, -0.2) is 48.2 Å². The maximum Gasteiger partial charge on any atom is 0.326 e. The molecule has 0 spiro atoms. The summed E-state index contributed by atoms with van der Waals surface area (Å²) >= 11 is 0. The summed E-state index contributed by atoms with van der Waals surface area (Å²) in [6, 6.07) is 3.27. The number of amides is 3. The fourth-order valence-corrected chi connectivity index (χ4v) is 3.66. The molecular formula is C20H19F2N7O4. The predicted molar refractivity (Wildman–Crippen MR) is 110 cm³/mol. The molecule has 1 unspecified atom stereocenters. The number of para-hydroxylation sites is 1. The minimum absolute atomic E-state index is 0.0176. The van der Waals surface area contributed by atoms with Gasteiger partial charge < -0.3 is 5.32 Å². The molecule has 1 aromatic carbocycles. The van der Waals surface area contributed by atoms with Gasteiger partial charge in [-0.1, -0.05) is 11.3 Å². The van der Waals surface area contributed by atoms with Crippen LogP contribution in [0.3, 0.4) is 0 Å². The average molecular weight is 459 g/mol. The first-order chi connectivity index (χ1) is 15.7. The molecule has 0 aliphatic carbocycles. The number of hydrogen-bond acceptors (Lipinski definition) is 7. The number of halogens is 2. The Hall–Kier alpha value is -4.03. The first kappa shape index (κ1) is 22.2. The van der Waals surface area contributed by atoms with Crippen LogP contribution in [0, 0.1) is 6.92 Å². The molecule has 3 amide bonds. The molecule has 172 valence electrons. The number of anilines is 1. The molecule has 3 aromatic rings. The van der Waals surface area contributed by atoms with Crippen molar-refractivity contribution in [2.45, 2.75) is 44.7 Å². The van der Waals surface area contributed by atoms with E-state index in [9.17, 15) is 28.0 Å². The third kappa shape index (κ3) is 4.33. The lowest BCUT2D eigenvalue weighted by molar-refractivity contribution is -0.141. The Kier molecular flexibility index (Phi) is 5.70. The summed E-state index contributed by atoms with van der Waals surface area (Å²) in [6.45, 7) is 1.26. The van der Waals surface area contributed by atoms with Gasteiger partial charge in [-0.3, -0.25) is 33.7 Å². The van der Waals surface area contributed by atoms with Gasteiger partial charge in [0.2, 0.25) is 11.8 Å². The third-order valence-electron chi connectivity index (χ3n) is 5.34. The number of carbonyl (C=O) groups excluding carboxylic acids is 3. The number of rotatable bonds is 6. The number of alkyl halides is 2. The molecule has 1 fully saturated rings. The van der Waals surface area contributed by atoms with E-state index in [1.807, 2.05) is 0 Å². The molecule has 0 bridgehead atoms. The number of nitrogens with one attached hydrogen (secondary N) is 2.